The summed E-state index contributed by atoms with van der Waals surface area (Å²) in [7, 11) is -2.34. The van der Waals surface area contributed by atoms with Crippen LogP contribution in [0.15, 0.2) is 48.5 Å². The van der Waals surface area contributed by atoms with Crippen LogP contribution in [0.4, 0.5) is 10.1 Å². The van der Waals surface area contributed by atoms with E-state index in [1.807, 2.05) is 13.8 Å². The number of carbonyl (C=O) groups is 2. The number of sulfonamides is 1. The van der Waals surface area contributed by atoms with Gasteiger partial charge in [-0.1, -0.05) is 26.0 Å². The van der Waals surface area contributed by atoms with Crippen LogP contribution >= 0.6 is 0 Å². The molecule has 2 amide bonds. The minimum Gasteiger partial charge on any atom is -0.497 e. The maximum atomic E-state index is 13.4. The molecule has 10 heteroatoms. The number of halogens is 1. The summed E-state index contributed by atoms with van der Waals surface area (Å²) in [4.78, 5) is 27.5. The molecule has 0 spiro atoms. The first-order valence-electron chi connectivity index (χ1n) is 10.9. The highest BCUT2D eigenvalue weighted by atomic mass is 32.2. The summed E-state index contributed by atoms with van der Waals surface area (Å²) < 4.78 is 44.4. The lowest BCUT2D eigenvalue weighted by atomic mass is 10.1. The van der Waals surface area contributed by atoms with Gasteiger partial charge in [0.1, 0.15) is 24.2 Å². The molecule has 1 N–H and O–H groups in total. The highest BCUT2D eigenvalue weighted by molar-refractivity contribution is 7.92. The van der Waals surface area contributed by atoms with E-state index < -0.39 is 34.3 Å². The zero-order valence-corrected chi connectivity index (χ0v) is 20.9. The fraction of sp³-hybridized carbons (Fsp3) is 0.417. The standard InChI is InChI=1S/C24H32FN3O5S/c1-17(2)14-26-24(30)18(3)27(15-19-7-6-8-22(13-19)33-4)23(29)16-28(34(5,31)32)21-11-9-20(25)10-12-21/h6-13,17-18H,14-16H2,1-5H3,(H,26,30)/t18-/m1/s1. The molecule has 0 aliphatic rings. The Bertz CT molecular complexity index is 1090. The van der Waals surface area contributed by atoms with Gasteiger partial charge in [0.05, 0.1) is 19.1 Å². The van der Waals surface area contributed by atoms with Crippen molar-refractivity contribution in [1.29, 1.82) is 0 Å². The van der Waals surface area contributed by atoms with Crippen molar-refractivity contribution in [2.45, 2.75) is 33.4 Å². The van der Waals surface area contributed by atoms with Gasteiger partial charge < -0.3 is 15.0 Å². The van der Waals surface area contributed by atoms with E-state index in [0.717, 1.165) is 22.7 Å². The number of rotatable bonds is 11. The molecular weight excluding hydrogens is 461 g/mol. The van der Waals surface area contributed by atoms with Crippen molar-refractivity contribution in [2.75, 3.05) is 30.8 Å². The van der Waals surface area contributed by atoms with Crippen molar-refractivity contribution in [3.8, 4) is 5.75 Å². The zero-order valence-electron chi connectivity index (χ0n) is 20.1. The smallest absolute Gasteiger partial charge is 0.244 e. The Morgan fingerprint density at radius 1 is 1.09 bits per heavy atom. The molecule has 0 bridgehead atoms. The number of benzene rings is 2. The molecular formula is C24H32FN3O5S. The van der Waals surface area contributed by atoms with E-state index >= 15 is 0 Å². The van der Waals surface area contributed by atoms with Gasteiger partial charge in [0.2, 0.25) is 21.8 Å². The molecule has 8 nitrogen and oxygen atoms in total. The van der Waals surface area contributed by atoms with E-state index in [1.54, 1.807) is 31.2 Å². The molecule has 0 aliphatic carbocycles. The van der Waals surface area contributed by atoms with E-state index in [0.29, 0.717) is 17.9 Å². The molecule has 0 saturated carbocycles. The monoisotopic (exact) mass is 493 g/mol. The van der Waals surface area contributed by atoms with Gasteiger partial charge in [0.15, 0.2) is 0 Å². The minimum absolute atomic E-state index is 0.0628. The average Bonchev–Trinajstić information content (AvgIpc) is 2.78. The first-order chi connectivity index (χ1) is 15.9. The number of amides is 2. The number of anilines is 1. The minimum atomic E-state index is -3.87. The molecule has 0 radical (unpaired) electrons. The fourth-order valence-electron chi connectivity index (χ4n) is 3.22. The quantitative estimate of drug-likeness (QED) is 0.519. The highest BCUT2D eigenvalue weighted by Crippen LogP contribution is 2.20. The summed E-state index contributed by atoms with van der Waals surface area (Å²) in [5, 5.41) is 2.82. The van der Waals surface area contributed by atoms with Gasteiger partial charge in [0.25, 0.3) is 0 Å². The summed E-state index contributed by atoms with van der Waals surface area (Å²) >= 11 is 0. The maximum absolute atomic E-state index is 13.4. The molecule has 0 fully saturated rings. The van der Waals surface area contributed by atoms with Crippen LogP contribution in [0, 0.1) is 11.7 Å². The average molecular weight is 494 g/mol. The van der Waals surface area contributed by atoms with Crippen LogP contribution < -0.4 is 14.4 Å². The van der Waals surface area contributed by atoms with Crippen LogP contribution in [0.5, 0.6) is 5.75 Å². The third-order valence-electron chi connectivity index (χ3n) is 5.13. The van der Waals surface area contributed by atoms with Gasteiger partial charge in [-0.05, 0) is 54.8 Å². The number of ether oxygens (including phenoxy) is 1. The van der Waals surface area contributed by atoms with Gasteiger partial charge in [-0.25, -0.2) is 12.8 Å². The van der Waals surface area contributed by atoms with Crippen molar-refractivity contribution in [3.63, 3.8) is 0 Å². The van der Waals surface area contributed by atoms with Crippen molar-refractivity contribution >= 4 is 27.5 Å². The first kappa shape index (κ1) is 27.1. The van der Waals surface area contributed by atoms with Gasteiger partial charge >= 0.3 is 0 Å². The number of nitrogens with zero attached hydrogens (tertiary/aromatic N) is 2. The van der Waals surface area contributed by atoms with Gasteiger partial charge in [-0.3, -0.25) is 13.9 Å². The normalized spacial score (nSPS) is 12.2. The third kappa shape index (κ3) is 7.72. The summed E-state index contributed by atoms with van der Waals surface area (Å²) in [6.07, 6.45) is 0.967. The fourth-order valence-corrected chi connectivity index (χ4v) is 4.07. The van der Waals surface area contributed by atoms with E-state index in [2.05, 4.69) is 5.32 Å². The van der Waals surface area contributed by atoms with Crippen LogP contribution in [0.2, 0.25) is 0 Å². The second-order valence-electron chi connectivity index (χ2n) is 8.43. The second kappa shape index (κ2) is 11.8. The Balaban J connectivity index is 2.37. The lowest BCUT2D eigenvalue weighted by molar-refractivity contribution is -0.139. The number of nitrogens with one attached hydrogen (secondary N) is 1. The lowest BCUT2D eigenvalue weighted by Gasteiger charge is -2.31. The van der Waals surface area contributed by atoms with E-state index in [9.17, 15) is 22.4 Å². The Kier molecular flexibility index (Phi) is 9.43. The van der Waals surface area contributed by atoms with Crippen LogP contribution in [0.25, 0.3) is 0 Å². The van der Waals surface area contributed by atoms with Crippen LogP contribution in [0.1, 0.15) is 26.3 Å². The molecule has 1 atom stereocenters. The van der Waals surface area contributed by atoms with Crippen molar-refractivity contribution < 1.29 is 27.1 Å². The predicted molar refractivity (Wildman–Crippen MR) is 129 cm³/mol. The van der Waals surface area contributed by atoms with E-state index in [4.69, 9.17) is 4.74 Å². The van der Waals surface area contributed by atoms with Crippen molar-refractivity contribution in [2.24, 2.45) is 5.92 Å². The molecule has 2 rings (SSSR count). The highest BCUT2D eigenvalue weighted by Gasteiger charge is 2.30. The summed E-state index contributed by atoms with van der Waals surface area (Å²) in [5.41, 5.74) is 0.861. The topological polar surface area (TPSA) is 96.0 Å². The van der Waals surface area contributed by atoms with Crippen LogP contribution in [0.3, 0.4) is 0 Å². The number of hydrogen-bond acceptors (Lipinski definition) is 5. The third-order valence-corrected chi connectivity index (χ3v) is 6.27. The predicted octanol–water partition coefficient (Wildman–Crippen LogP) is 2.79. The zero-order chi connectivity index (χ0) is 25.5. The van der Waals surface area contributed by atoms with Gasteiger partial charge in [-0.15, -0.1) is 0 Å². The molecule has 186 valence electrons. The van der Waals surface area contributed by atoms with Crippen LogP contribution in [-0.2, 0) is 26.2 Å². The Morgan fingerprint density at radius 2 is 1.74 bits per heavy atom. The summed E-state index contributed by atoms with van der Waals surface area (Å²) in [6, 6.07) is 11.0. The molecule has 2 aromatic carbocycles. The van der Waals surface area contributed by atoms with Crippen molar-refractivity contribution in [3.05, 3.63) is 59.9 Å². The van der Waals surface area contributed by atoms with Gasteiger partial charge in [0, 0.05) is 13.1 Å². The summed E-state index contributed by atoms with van der Waals surface area (Å²) in [6.45, 7) is 5.46. The molecule has 0 heterocycles. The molecule has 0 aliphatic heterocycles. The molecule has 0 aromatic heterocycles. The van der Waals surface area contributed by atoms with Crippen LogP contribution in [-0.4, -0.2) is 57.6 Å². The number of carbonyl (C=O) groups excluding carboxylic acids is 2. The summed E-state index contributed by atoms with van der Waals surface area (Å²) in [5.74, 6) is -0.648. The number of methoxy groups -OCH3 is 1. The lowest BCUT2D eigenvalue weighted by Crippen LogP contribution is -2.51. The SMILES string of the molecule is COc1cccc(CN(C(=O)CN(c2ccc(F)cc2)S(C)(=O)=O)[C@H](C)C(=O)NCC(C)C)c1. The molecule has 0 saturated heterocycles. The van der Waals surface area contributed by atoms with E-state index in [-0.39, 0.29) is 24.1 Å². The molecule has 0 unspecified atom stereocenters. The van der Waals surface area contributed by atoms with Crippen molar-refractivity contribution in [1.82, 2.24) is 10.2 Å². The number of hydrogen-bond donors (Lipinski definition) is 1. The second-order valence-corrected chi connectivity index (χ2v) is 10.3. The Morgan fingerprint density at radius 3 is 2.29 bits per heavy atom. The van der Waals surface area contributed by atoms with E-state index in [1.165, 1.54) is 24.1 Å². The largest absolute Gasteiger partial charge is 0.497 e. The maximum Gasteiger partial charge on any atom is 0.244 e. The van der Waals surface area contributed by atoms with Gasteiger partial charge in [-0.2, -0.15) is 0 Å². The molecule has 34 heavy (non-hydrogen) atoms. The Labute approximate surface area is 200 Å². The first-order valence-corrected chi connectivity index (χ1v) is 12.7. The molecule has 2 aromatic rings. The Hall–Kier alpha value is -3.14.